The van der Waals surface area contributed by atoms with Crippen molar-refractivity contribution in [1.29, 1.82) is 0 Å². The van der Waals surface area contributed by atoms with Crippen molar-refractivity contribution in [2.24, 2.45) is 5.92 Å². The van der Waals surface area contributed by atoms with E-state index in [1.54, 1.807) is 41.8 Å². The second kappa shape index (κ2) is 7.80. The SMILES string of the molecule is Cc1nc2ccccc2c(=O)n1-c1ccc(C(=O)OCC2CC=CCC2)cc1. The molecule has 5 heteroatoms. The molecular weight excluding hydrogens is 352 g/mol. The molecule has 0 fully saturated rings. The lowest BCUT2D eigenvalue weighted by Gasteiger charge is -2.17. The highest BCUT2D eigenvalue weighted by Gasteiger charge is 2.15. The molecule has 5 nitrogen and oxygen atoms in total. The van der Waals surface area contributed by atoms with E-state index >= 15 is 0 Å². The van der Waals surface area contributed by atoms with Crippen molar-refractivity contribution in [3.05, 3.63) is 82.4 Å². The van der Waals surface area contributed by atoms with Crippen LogP contribution in [0.25, 0.3) is 16.6 Å². The first kappa shape index (κ1) is 18.2. The van der Waals surface area contributed by atoms with Crippen molar-refractivity contribution in [2.75, 3.05) is 6.61 Å². The third kappa shape index (κ3) is 3.60. The molecular formula is C23H22N2O3. The van der Waals surface area contributed by atoms with Gasteiger partial charge in [0.25, 0.3) is 5.56 Å². The van der Waals surface area contributed by atoms with Gasteiger partial charge in [-0.3, -0.25) is 9.36 Å². The Labute approximate surface area is 163 Å². The average molecular weight is 374 g/mol. The Balaban J connectivity index is 1.55. The summed E-state index contributed by atoms with van der Waals surface area (Å²) in [5, 5.41) is 0.568. The number of allylic oxidation sites excluding steroid dienone is 2. The zero-order valence-corrected chi connectivity index (χ0v) is 15.8. The monoisotopic (exact) mass is 374 g/mol. The molecule has 0 saturated carbocycles. The molecule has 1 heterocycles. The van der Waals surface area contributed by atoms with E-state index in [1.165, 1.54) is 0 Å². The lowest BCUT2D eigenvalue weighted by Crippen LogP contribution is -2.22. The predicted molar refractivity (Wildman–Crippen MR) is 109 cm³/mol. The van der Waals surface area contributed by atoms with Crippen LogP contribution in [-0.4, -0.2) is 22.1 Å². The van der Waals surface area contributed by atoms with Crippen LogP contribution >= 0.6 is 0 Å². The lowest BCUT2D eigenvalue weighted by molar-refractivity contribution is 0.0432. The van der Waals surface area contributed by atoms with Crippen LogP contribution in [-0.2, 0) is 4.74 Å². The summed E-state index contributed by atoms with van der Waals surface area (Å²) in [6.45, 7) is 2.24. The number of rotatable bonds is 4. The lowest BCUT2D eigenvalue weighted by atomic mass is 9.95. The number of para-hydroxylation sites is 1. The Kier molecular flexibility index (Phi) is 5.06. The zero-order chi connectivity index (χ0) is 19.5. The highest BCUT2D eigenvalue weighted by Crippen LogP contribution is 2.19. The van der Waals surface area contributed by atoms with E-state index in [2.05, 4.69) is 17.1 Å². The van der Waals surface area contributed by atoms with Crippen molar-refractivity contribution in [2.45, 2.75) is 26.2 Å². The molecule has 1 atom stereocenters. The maximum atomic E-state index is 12.9. The Bertz CT molecular complexity index is 1100. The van der Waals surface area contributed by atoms with Gasteiger partial charge in [0.2, 0.25) is 0 Å². The van der Waals surface area contributed by atoms with E-state index in [1.807, 2.05) is 18.2 Å². The van der Waals surface area contributed by atoms with E-state index in [0.29, 0.717) is 40.5 Å². The topological polar surface area (TPSA) is 61.2 Å². The quantitative estimate of drug-likeness (QED) is 0.507. The Hall–Kier alpha value is -3.21. The summed E-state index contributed by atoms with van der Waals surface area (Å²) in [4.78, 5) is 29.7. The summed E-state index contributed by atoms with van der Waals surface area (Å²) in [5.41, 5.74) is 1.71. The minimum absolute atomic E-state index is 0.122. The van der Waals surface area contributed by atoms with Crippen LogP contribution in [0.3, 0.4) is 0 Å². The highest BCUT2D eigenvalue weighted by atomic mass is 16.5. The summed E-state index contributed by atoms with van der Waals surface area (Å²) in [7, 11) is 0. The van der Waals surface area contributed by atoms with Gasteiger partial charge in [0.15, 0.2) is 0 Å². The van der Waals surface area contributed by atoms with Crippen LogP contribution in [0.4, 0.5) is 0 Å². The summed E-state index contributed by atoms with van der Waals surface area (Å²) in [6.07, 6.45) is 7.38. The summed E-state index contributed by atoms with van der Waals surface area (Å²) in [6, 6.07) is 14.2. The molecule has 1 unspecified atom stereocenters. The molecule has 142 valence electrons. The van der Waals surface area contributed by atoms with Crippen molar-refractivity contribution >= 4 is 16.9 Å². The molecule has 0 spiro atoms. The average Bonchev–Trinajstić information content (AvgIpc) is 2.73. The van der Waals surface area contributed by atoms with Crippen LogP contribution in [0.5, 0.6) is 0 Å². The first-order valence-electron chi connectivity index (χ1n) is 9.54. The summed E-state index contributed by atoms with van der Waals surface area (Å²) >= 11 is 0. The normalized spacial score (nSPS) is 16.2. The van der Waals surface area contributed by atoms with Crippen LogP contribution in [0.1, 0.15) is 35.4 Å². The van der Waals surface area contributed by atoms with E-state index in [4.69, 9.17) is 4.74 Å². The number of aromatic nitrogens is 2. The van der Waals surface area contributed by atoms with E-state index in [9.17, 15) is 9.59 Å². The van der Waals surface area contributed by atoms with Gasteiger partial charge in [-0.25, -0.2) is 9.78 Å². The number of fused-ring (bicyclic) bond motifs is 1. The molecule has 28 heavy (non-hydrogen) atoms. The number of carbonyl (C=O) groups is 1. The Morgan fingerprint density at radius 3 is 2.68 bits per heavy atom. The molecule has 1 aliphatic carbocycles. The molecule has 0 bridgehead atoms. The molecule has 2 aromatic carbocycles. The minimum atomic E-state index is -0.332. The second-order valence-corrected chi connectivity index (χ2v) is 7.11. The molecule has 0 saturated heterocycles. The number of esters is 1. The van der Waals surface area contributed by atoms with Crippen LogP contribution < -0.4 is 5.56 Å². The number of aryl methyl sites for hydroxylation is 1. The fraction of sp³-hybridized carbons (Fsp3) is 0.261. The van der Waals surface area contributed by atoms with Gasteiger partial charge in [0, 0.05) is 0 Å². The van der Waals surface area contributed by atoms with E-state index in [-0.39, 0.29) is 11.5 Å². The third-order valence-electron chi connectivity index (χ3n) is 5.13. The minimum Gasteiger partial charge on any atom is -0.462 e. The number of hydrogen-bond acceptors (Lipinski definition) is 4. The highest BCUT2D eigenvalue weighted by molar-refractivity contribution is 5.89. The Morgan fingerprint density at radius 1 is 1.14 bits per heavy atom. The van der Waals surface area contributed by atoms with Crippen molar-refractivity contribution in [3.8, 4) is 5.69 Å². The maximum Gasteiger partial charge on any atom is 0.338 e. The van der Waals surface area contributed by atoms with Gasteiger partial charge in [-0.1, -0.05) is 24.3 Å². The number of benzene rings is 2. The van der Waals surface area contributed by atoms with Gasteiger partial charge in [0.05, 0.1) is 28.8 Å². The smallest absolute Gasteiger partial charge is 0.338 e. The molecule has 0 amide bonds. The van der Waals surface area contributed by atoms with Crippen LogP contribution in [0.15, 0.2) is 65.5 Å². The van der Waals surface area contributed by atoms with Crippen LogP contribution in [0, 0.1) is 12.8 Å². The first-order chi connectivity index (χ1) is 13.6. The molecule has 4 rings (SSSR count). The standard InChI is InChI=1S/C23H22N2O3/c1-16-24-21-10-6-5-9-20(21)22(26)25(16)19-13-11-18(12-14-19)23(27)28-15-17-7-3-2-4-8-17/h2-3,5-6,9-14,17H,4,7-8,15H2,1H3. The van der Waals surface area contributed by atoms with Crippen molar-refractivity contribution in [1.82, 2.24) is 9.55 Å². The molecule has 0 N–H and O–H groups in total. The fourth-order valence-electron chi connectivity index (χ4n) is 3.58. The van der Waals surface area contributed by atoms with Crippen molar-refractivity contribution in [3.63, 3.8) is 0 Å². The summed E-state index contributed by atoms with van der Waals surface area (Å²) in [5.74, 6) is 0.671. The molecule has 0 radical (unpaired) electrons. The Morgan fingerprint density at radius 2 is 1.93 bits per heavy atom. The summed E-state index contributed by atoms with van der Waals surface area (Å²) < 4.78 is 7.03. The third-order valence-corrected chi connectivity index (χ3v) is 5.13. The van der Waals surface area contributed by atoms with Gasteiger partial charge < -0.3 is 4.74 Å². The van der Waals surface area contributed by atoms with Gasteiger partial charge in [0.1, 0.15) is 5.82 Å². The van der Waals surface area contributed by atoms with Gasteiger partial charge in [-0.05, 0) is 68.5 Å². The molecule has 3 aromatic rings. The zero-order valence-electron chi connectivity index (χ0n) is 15.8. The van der Waals surface area contributed by atoms with Gasteiger partial charge in [-0.2, -0.15) is 0 Å². The fourth-order valence-corrected chi connectivity index (χ4v) is 3.58. The molecule has 0 aliphatic heterocycles. The first-order valence-corrected chi connectivity index (χ1v) is 9.54. The maximum absolute atomic E-state index is 12.9. The molecule has 1 aromatic heterocycles. The van der Waals surface area contributed by atoms with Crippen LogP contribution in [0.2, 0.25) is 0 Å². The van der Waals surface area contributed by atoms with Gasteiger partial charge >= 0.3 is 5.97 Å². The number of nitrogens with zero attached hydrogens (tertiary/aromatic N) is 2. The molecule has 1 aliphatic rings. The second-order valence-electron chi connectivity index (χ2n) is 7.11. The van der Waals surface area contributed by atoms with E-state index < -0.39 is 0 Å². The number of ether oxygens (including phenoxy) is 1. The van der Waals surface area contributed by atoms with Gasteiger partial charge in [-0.15, -0.1) is 0 Å². The van der Waals surface area contributed by atoms with E-state index in [0.717, 1.165) is 19.3 Å². The number of carbonyl (C=O) groups excluding carboxylic acids is 1. The predicted octanol–water partition coefficient (Wildman–Crippen LogP) is 4.21. The number of hydrogen-bond donors (Lipinski definition) is 0. The largest absolute Gasteiger partial charge is 0.462 e. The van der Waals surface area contributed by atoms with Crippen molar-refractivity contribution < 1.29 is 9.53 Å².